The lowest BCUT2D eigenvalue weighted by atomic mass is 9.99. The average Bonchev–Trinajstić information content (AvgIpc) is 2.59. The third-order valence-electron chi connectivity index (χ3n) is 5.00. The van der Waals surface area contributed by atoms with Crippen LogP contribution in [-0.2, 0) is 10.0 Å². The number of guanidine groups is 1. The second kappa shape index (κ2) is 11.2. The highest BCUT2D eigenvalue weighted by molar-refractivity contribution is 14.0. The molecule has 0 bridgehead atoms. The molecule has 7 nitrogen and oxygen atoms in total. The van der Waals surface area contributed by atoms with E-state index in [0.717, 1.165) is 25.9 Å². The van der Waals surface area contributed by atoms with Gasteiger partial charge in [-0.2, -0.15) is 17.5 Å². The van der Waals surface area contributed by atoms with Gasteiger partial charge in [0.15, 0.2) is 5.96 Å². The van der Waals surface area contributed by atoms with Crippen LogP contribution in [0.15, 0.2) is 4.99 Å². The summed E-state index contributed by atoms with van der Waals surface area (Å²) in [6, 6.07) is -0.100. The van der Waals surface area contributed by atoms with Gasteiger partial charge in [-0.05, 0) is 52.1 Å². The molecule has 1 atom stereocenters. The molecule has 0 aromatic rings. The van der Waals surface area contributed by atoms with Crippen molar-refractivity contribution in [2.24, 2.45) is 10.9 Å². The number of hydrogen-bond donors (Lipinski definition) is 2. The molecule has 28 heavy (non-hydrogen) atoms. The maximum atomic E-state index is 12.7. The van der Waals surface area contributed by atoms with Crippen LogP contribution in [0.2, 0.25) is 0 Å². The number of alkyl halides is 3. The number of hydrogen-bond acceptors (Lipinski definition) is 4. The fourth-order valence-electron chi connectivity index (χ4n) is 3.54. The predicted molar refractivity (Wildman–Crippen MR) is 114 cm³/mol. The van der Waals surface area contributed by atoms with Gasteiger partial charge < -0.3 is 15.5 Å². The molecule has 2 fully saturated rings. The number of aliphatic imine (C=N–C) groups is 1. The summed E-state index contributed by atoms with van der Waals surface area (Å²) in [5.41, 5.74) is -5.24. The lowest BCUT2D eigenvalue weighted by Crippen LogP contribution is -2.51. The number of nitrogens with one attached hydrogen (secondary N) is 2. The third kappa shape index (κ3) is 7.17. The van der Waals surface area contributed by atoms with Crippen molar-refractivity contribution in [2.45, 2.75) is 44.2 Å². The van der Waals surface area contributed by atoms with Crippen LogP contribution in [0.5, 0.6) is 0 Å². The van der Waals surface area contributed by atoms with Crippen LogP contribution in [0.3, 0.4) is 0 Å². The van der Waals surface area contributed by atoms with Gasteiger partial charge in [-0.15, -0.1) is 24.0 Å². The molecule has 2 aliphatic heterocycles. The van der Waals surface area contributed by atoms with Gasteiger partial charge in [0.2, 0.25) is 0 Å². The minimum absolute atomic E-state index is 0. The number of halogens is 4. The van der Waals surface area contributed by atoms with Crippen LogP contribution in [0.4, 0.5) is 13.2 Å². The minimum atomic E-state index is -5.24. The summed E-state index contributed by atoms with van der Waals surface area (Å²) >= 11 is 0. The van der Waals surface area contributed by atoms with Crippen molar-refractivity contribution in [2.75, 3.05) is 46.3 Å². The van der Waals surface area contributed by atoms with Crippen molar-refractivity contribution in [1.29, 1.82) is 0 Å². The molecular formula is C16H31F3IN5O2S. The monoisotopic (exact) mass is 541 g/mol. The normalized spacial score (nSPS) is 23.9. The summed E-state index contributed by atoms with van der Waals surface area (Å²) < 4.78 is 61.4. The molecule has 0 aromatic heterocycles. The number of sulfonamides is 1. The zero-order valence-corrected chi connectivity index (χ0v) is 19.5. The van der Waals surface area contributed by atoms with Crippen LogP contribution < -0.4 is 10.6 Å². The Labute approximate surface area is 182 Å². The van der Waals surface area contributed by atoms with Crippen molar-refractivity contribution in [3.8, 4) is 0 Å². The van der Waals surface area contributed by atoms with Gasteiger partial charge in [0.1, 0.15) is 0 Å². The summed E-state index contributed by atoms with van der Waals surface area (Å²) in [4.78, 5) is 6.92. The lowest BCUT2D eigenvalue weighted by molar-refractivity contribution is -0.0494. The zero-order valence-electron chi connectivity index (χ0n) is 16.3. The summed E-state index contributed by atoms with van der Waals surface area (Å²) in [5.74, 6) is 1.14. The van der Waals surface area contributed by atoms with E-state index in [1.807, 2.05) is 6.92 Å². The second-order valence-electron chi connectivity index (χ2n) is 7.26. The molecule has 12 heteroatoms. The van der Waals surface area contributed by atoms with E-state index >= 15 is 0 Å². The van der Waals surface area contributed by atoms with E-state index in [9.17, 15) is 21.6 Å². The van der Waals surface area contributed by atoms with Crippen LogP contribution in [0.25, 0.3) is 0 Å². The van der Waals surface area contributed by atoms with Crippen LogP contribution >= 0.6 is 24.0 Å². The Morgan fingerprint density at radius 3 is 2.36 bits per heavy atom. The Balaban J connectivity index is 0.00000392. The van der Waals surface area contributed by atoms with Gasteiger partial charge in [0.25, 0.3) is 0 Å². The lowest BCUT2D eigenvalue weighted by Gasteiger charge is -2.33. The maximum absolute atomic E-state index is 12.7. The Kier molecular flexibility index (Phi) is 10.2. The smallest absolute Gasteiger partial charge is 0.357 e. The quantitative estimate of drug-likeness (QED) is 0.316. The van der Waals surface area contributed by atoms with Gasteiger partial charge >= 0.3 is 15.5 Å². The van der Waals surface area contributed by atoms with E-state index in [4.69, 9.17) is 0 Å². The SMILES string of the molecule is CCNC(=NCC1CCCN(C)C1)NC1CCN(S(=O)(=O)C(F)(F)F)CC1.I. The molecular weight excluding hydrogens is 510 g/mol. The molecule has 2 aliphatic rings. The van der Waals surface area contributed by atoms with Crippen molar-refractivity contribution in [3.05, 3.63) is 0 Å². The van der Waals surface area contributed by atoms with Crippen LogP contribution in [0, 0.1) is 5.92 Å². The van der Waals surface area contributed by atoms with Crippen molar-refractivity contribution in [1.82, 2.24) is 19.8 Å². The molecule has 1 unspecified atom stereocenters. The molecule has 2 saturated heterocycles. The Morgan fingerprint density at radius 1 is 1.18 bits per heavy atom. The fourth-order valence-corrected chi connectivity index (χ4v) is 4.53. The molecule has 2 N–H and O–H groups in total. The number of rotatable bonds is 5. The van der Waals surface area contributed by atoms with Gasteiger partial charge in [-0.25, -0.2) is 8.42 Å². The molecule has 2 heterocycles. The summed E-state index contributed by atoms with van der Waals surface area (Å²) in [6.45, 7) is 5.15. The molecule has 0 aliphatic carbocycles. The molecule has 166 valence electrons. The van der Waals surface area contributed by atoms with E-state index in [1.165, 1.54) is 0 Å². The first kappa shape index (κ1) is 25.7. The van der Waals surface area contributed by atoms with E-state index in [-0.39, 0.29) is 43.1 Å². The summed E-state index contributed by atoms with van der Waals surface area (Å²) in [5, 5.41) is 6.40. The topological polar surface area (TPSA) is 77.0 Å². The predicted octanol–water partition coefficient (Wildman–Crippen LogP) is 1.82. The first-order chi connectivity index (χ1) is 12.6. The largest absolute Gasteiger partial charge is 0.511 e. The summed E-state index contributed by atoms with van der Waals surface area (Å²) in [7, 11) is -3.14. The molecule has 0 amide bonds. The summed E-state index contributed by atoms with van der Waals surface area (Å²) in [6.07, 6.45) is 2.92. The molecule has 0 radical (unpaired) electrons. The van der Waals surface area contributed by atoms with E-state index in [0.29, 0.717) is 42.1 Å². The number of piperidine rings is 2. The van der Waals surface area contributed by atoms with E-state index in [2.05, 4.69) is 27.6 Å². The van der Waals surface area contributed by atoms with Crippen LogP contribution in [0.1, 0.15) is 32.6 Å². The van der Waals surface area contributed by atoms with Gasteiger partial charge in [-0.1, -0.05) is 0 Å². The minimum Gasteiger partial charge on any atom is -0.357 e. The van der Waals surface area contributed by atoms with E-state index in [1.54, 1.807) is 0 Å². The number of likely N-dealkylation sites (tertiary alicyclic amines) is 1. The zero-order chi connectivity index (χ0) is 20.1. The van der Waals surface area contributed by atoms with Gasteiger partial charge in [0, 0.05) is 38.8 Å². The number of nitrogens with zero attached hydrogens (tertiary/aromatic N) is 3. The molecule has 0 aromatic carbocycles. The van der Waals surface area contributed by atoms with Gasteiger partial charge in [0.05, 0.1) is 0 Å². The highest BCUT2D eigenvalue weighted by Crippen LogP contribution is 2.28. The van der Waals surface area contributed by atoms with Crippen molar-refractivity contribution in [3.63, 3.8) is 0 Å². The Hall–Kier alpha value is -0.340. The molecule has 0 spiro atoms. The molecule has 0 saturated carbocycles. The van der Waals surface area contributed by atoms with Crippen molar-refractivity contribution < 1.29 is 21.6 Å². The highest BCUT2D eigenvalue weighted by atomic mass is 127. The first-order valence-electron chi connectivity index (χ1n) is 9.43. The highest BCUT2D eigenvalue weighted by Gasteiger charge is 2.50. The first-order valence-corrected chi connectivity index (χ1v) is 10.9. The van der Waals surface area contributed by atoms with Gasteiger partial charge in [-0.3, -0.25) is 4.99 Å². The van der Waals surface area contributed by atoms with Crippen molar-refractivity contribution >= 4 is 40.0 Å². The Morgan fingerprint density at radius 2 is 1.82 bits per heavy atom. The van der Waals surface area contributed by atoms with Crippen LogP contribution in [-0.4, -0.2) is 81.4 Å². The van der Waals surface area contributed by atoms with E-state index < -0.39 is 15.5 Å². The maximum Gasteiger partial charge on any atom is 0.511 e. The average molecular weight is 541 g/mol. The fraction of sp³-hybridized carbons (Fsp3) is 0.938. The Bertz CT molecular complexity index is 610. The standard InChI is InChI=1S/C16H30F3N5O2S.HI/c1-3-20-15(21-11-13-5-4-8-23(2)12-13)22-14-6-9-24(10-7-14)27(25,26)16(17,18)19;/h13-14H,3-12H2,1-2H3,(H2,20,21,22);1H. The third-order valence-corrected chi connectivity index (χ3v) is 6.63. The second-order valence-corrected chi connectivity index (χ2v) is 9.19. The molecule has 2 rings (SSSR count).